The lowest BCUT2D eigenvalue weighted by Crippen LogP contribution is -2.38. The van der Waals surface area contributed by atoms with Gasteiger partial charge in [-0.05, 0) is 11.6 Å². The smallest absolute Gasteiger partial charge is 0.0965 e. The number of nitrogens with one attached hydrogen (secondary N) is 2. The van der Waals surface area contributed by atoms with E-state index in [4.69, 9.17) is 11.0 Å². The maximum absolute atomic E-state index is 8.94. The molecule has 0 amide bonds. The minimum absolute atomic E-state index is 0.0799. The van der Waals surface area contributed by atoms with Crippen molar-refractivity contribution >= 4 is 0 Å². The van der Waals surface area contributed by atoms with Crippen molar-refractivity contribution < 1.29 is 0 Å². The van der Waals surface area contributed by atoms with Crippen LogP contribution in [0.4, 0.5) is 0 Å². The van der Waals surface area contributed by atoms with Crippen LogP contribution in [-0.2, 0) is 0 Å². The van der Waals surface area contributed by atoms with Crippen molar-refractivity contribution in [2.75, 3.05) is 0 Å². The molecule has 0 aliphatic carbocycles. The largest absolute Gasteiger partial charge is 0.314 e. The van der Waals surface area contributed by atoms with Crippen LogP contribution in [0.1, 0.15) is 11.6 Å². The van der Waals surface area contributed by atoms with E-state index in [0.29, 0.717) is 0 Å². The summed E-state index contributed by atoms with van der Waals surface area (Å²) in [5, 5.41) is 8.94. The number of rotatable bonds is 1. The van der Waals surface area contributed by atoms with E-state index in [0.717, 1.165) is 5.56 Å². The van der Waals surface area contributed by atoms with Crippen LogP contribution in [0, 0.1) is 17.2 Å². The lowest BCUT2D eigenvalue weighted by atomic mass is 9.96. The van der Waals surface area contributed by atoms with Crippen LogP contribution in [-0.4, -0.2) is 11.1 Å². The third-order valence-electron chi connectivity index (χ3n) is 2.34. The van der Waals surface area contributed by atoms with Crippen LogP contribution in [0.15, 0.2) is 24.5 Å². The van der Waals surface area contributed by atoms with Gasteiger partial charge in [0, 0.05) is 12.4 Å². The lowest BCUT2D eigenvalue weighted by molar-refractivity contribution is 0.525. The van der Waals surface area contributed by atoms with E-state index >= 15 is 0 Å². The maximum Gasteiger partial charge on any atom is 0.0965 e. The van der Waals surface area contributed by atoms with Crippen molar-refractivity contribution in [2.24, 2.45) is 11.7 Å². The molecule has 1 fully saturated rings. The van der Waals surface area contributed by atoms with Gasteiger partial charge in [0.15, 0.2) is 0 Å². The molecule has 4 N–H and O–H groups in total. The van der Waals surface area contributed by atoms with E-state index in [9.17, 15) is 0 Å². The molecule has 0 spiro atoms. The van der Waals surface area contributed by atoms with Gasteiger partial charge < -0.3 is 5.73 Å². The fourth-order valence-electron chi connectivity index (χ4n) is 1.58. The number of nitrogens with zero attached hydrogens (tertiary/aromatic N) is 2. The number of pyridine rings is 1. The first-order valence-electron chi connectivity index (χ1n) is 4.39. The minimum Gasteiger partial charge on any atom is -0.314 e. The molecule has 2 heterocycles. The highest BCUT2D eigenvalue weighted by Gasteiger charge is 2.34. The van der Waals surface area contributed by atoms with Gasteiger partial charge in [-0.3, -0.25) is 4.98 Å². The molecule has 1 aromatic rings. The zero-order valence-corrected chi connectivity index (χ0v) is 7.51. The summed E-state index contributed by atoms with van der Waals surface area (Å²) >= 11 is 0. The SMILES string of the molecule is N#CC1C(N)NNC1c1cccnc1. The Labute approximate surface area is 81.9 Å². The molecule has 1 saturated heterocycles. The summed E-state index contributed by atoms with van der Waals surface area (Å²) in [7, 11) is 0. The Balaban J connectivity index is 2.25. The number of hydrogen-bond donors (Lipinski definition) is 3. The van der Waals surface area contributed by atoms with Crippen LogP contribution < -0.4 is 16.6 Å². The van der Waals surface area contributed by atoms with Gasteiger partial charge in [0.1, 0.15) is 0 Å². The van der Waals surface area contributed by atoms with Crippen LogP contribution in [0.2, 0.25) is 0 Å². The highest BCUT2D eigenvalue weighted by Crippen LogP contribution is 2.25. The van der Waals surface area contributed by atoms with Gasteiger partial charge in [0.05, 0.1) is 24.2 Å². The van der Waals surface area contributed by atoms with Crippen LogP contribution in [0.25, 0.3) is 0 Å². The van der Waals surface area contributed by atoms with E-state index in [-0.39, 0.29) is 18.1 Å². The Morgan fingerprint density at radius 3 is 3.00 bits per heavy atom. The second-order valence-corrected chi connectivity index (χ2v) is 3.23. The Bertz CT molecular complexity index is 344. The normalized spacial score (nSPS) is 31.3. The predicted octanol–water partition coefficient (Wildman–Crippen LogP) is -0.345. The van der Waals surface area contributed by atoms with Crippen LogP contribution in [0.3, 0.4) is 0 Å². The first-order valence-corrected chi connectivity index (χ1v) is 4.39. The Hall–Kier alpha value is -1.48. The average molecular weight is 189 g/mol. The van der Waals surface area contributed by atoms with Crippen LogP contribution in [0.5, 0.6) is 0 Å². The summed E-state index contributed by atoms with van der Waals surface area (Å²) in [6, 6.07) is 5.87. The number of hydrazine groups is 1. The third kappa shape index (κ3) is 1.46. The summed E-state index contributed by atoms with van der Waals surface area (Å²) in [6.07, 6.45) is 3.11. The van der Waals surface area contributed by atoms with E-state index in [1.165, 1.54) is 0 Å². The van der Waals surface area contributed by atoms with Gasteiger partial charge in [-0.2, -0.15) is 5.26 Å². The van der Waals surface area contributed by atoms with Gasteiger partial charge in [-0.1, -0.05) is 6.07 Å². The van der Waals surface area contributed by atoms with Gasteiger partial charge in [-0.15, -0.1) is 0 Å². The summed E-state index contributed by atoms with van der Waals surface area (Å²) < 4.78 is 0. The second kappa shape index (κ2) is 3.72. The highest BCUT2D eigenvalue weighted by atomic mass is 15.5. The van der Waals surface area contributed by atoms with E-state index in [1.54, 1.807) is 12.4 Å². The molecule has 72 valence electrons. The molecular formula is C9H11N5. The molecule has 5 heteroatoms. The second-order valence-electron chi connectivity index (χ2n) is 3.23. The molecular weight excluding hydrogens is 178 g/mol. The molecule has 3 unspecified atom stereocenters. The predicted molar refractivity (Wildman–Crippen MR) is 50.3 cm³/mol. The first kappa shape index (κ1) is 9.09. The monoisotopic (exact) mass is 189 g/mol. The molecule has 14 heavy (non-hydrogen) atoms. The Morgan fingerprint density at radius 2 is 2.36 bits per heavy atom. The molecule has 1 aliphatic heterocycles. The number of nitrogens with two attached hydrogens (primary N) is 1. The first-order chi connectivity index (χ1) is 6.83. The van der Waals surface area contributed by atoms with Gasteiger partial charge in [0.2, 0.25) is 0 Å². The van der Waals surface area contributed by atoms with Crippen molar-refractivity contribution in [3.63, 3.8) is 0 Å². The molecule has 1 aliphatic rings. The van der Waals surface area contributed by atoms with E-state index < -0.39 is 0 Å². The quantitative estimate of drug-likeness (QED) is 0.562. The van der Waals surface area contributed by atoms with Crippen molar-refractivity contribution in [3.8, 4) is 6.07 Å². The fourth-order valence-corrected chi connectivity index (χ4v) is 1.58. The van der Waals surface area contributed by atoms with Gasteiger partial charge in [-0.25, -0.2) is 10.9 Å². The molecule has 5 nitrogen and oxygen atoms in total. The Kier molecular flexibility index (Phi) is 2.41. The molecule has 1 aromatic heterocycles. The standard InChI is InChI=1S/C9H11N5/c10-4-7-8(13-14-9(7)11)6-2-1-3-12-5-6/h1-3,5,7-9,13-14H,11H2. The topological polar surface area (TPSA) is 86.8 Å². The number of nitriles is 1. The lowest BCUT2D eigenvalue weighted by Gasteiger charge is -2.13. The van der Waals surface area contributed by atoms with Crippen LogP contribution >= 0.6 is 0 Å². The molecule has 0 bridgehead atoms. The number of hydrogen-bond acceptors (Lipinski definition) is 5. The van der Waals surface area contributed by atoms with E-state index in [1.807, 2.05) is 12.1 Å². The summed E-state index contributed by atoms with van der Waals surface area (Å²) in [4.78, 5) is 4.01. The van der Waals surface area contributed by atoms with Gasteiger partial charge >= 0.3 is 0 Å². The van der Waals surface area contributed by atoms with Crippen molar-refractivity contribution in [2.45, 2.75) is 12.2 Å². The van der Waals surface area contributed by atoms with Crippen molar-refractivity contribution in [3.05, 3.63) is 30.1 Å². The summed E-state index contributed by atoms with van der Waals surface area (Å²) in [5.41, 5.74) is 12.5. The van der Waals surface area contributed by atoms with Gasteiger partial charge in [0.25, 0.3) is 0 Å². The maximum atomic E-state index is 8.94. The minimum atomic E-state index is -0.329. The summed E-state index contributed by atoms with van der Waals surface area (Å²) in [6.45, 7) is 0. The summed E-state index contributed by atoms with van der Waals surface area (Å²) in [5.74, 6) is -0.265. The molecule has 2 rings (SSSR count). The van der Waals surface area contributed by atoms with Crippen molar-refractivity contribution in [1.82, 2.24) is 15.8 Å². The molecule has 0 radical (unpaired) electrons. The highest BCUT2D eigenvalue weighted by molar-refractivity contribution is 5.20. The average Bonchev–Trinajstić information content (AvgIpc) is 2.61. The van der Waals surface area contributed by atoms with Crippen molar-refractivity contribution in [1.29, 1.82) is 5.26 Å². The molecule has 0 saturated carbocycles. The fraction of sp³-hybridized carbons (Fsp3) is 0.333. The van der Waals surface area contributed by atoms with E-state index in [2.05, 4.69) is 21.9 Å². The number of aromatic nitrogens is 1. The molecule has 0 aromatic carbocycles. The zero-order valence-electron chi connectivity index (χ0n) is 7.51. The molecule has 3 atom stereocenters. The zero-order chi connectivity index (χ0) is 9.97. The third-order valence-corrected chi connectivity index (χ3v) is 2.34. The Morgan fingerprint density at radius 1 is 1.50 bits per heavy atom.